The highest BCUT2D eigenvalue weighted by Crippen LogP contribution is 2.21. The lowest BCUT2D eigenvalue weighted by molar-refractivity contribution is -0.128. The number of carbonyl (C=O) groups excluding carboxylic acids is 2. The van der Waals surface area contributed by atoms with Crippen LogP contribution in [0.2, 0.25) is 0 Å². The number of carbonyl (C=O) groups is 2. The quantitative estimate of drug-likeness (QED) is 0.685. The van der Waals surface area contributed by atoms with Gasteiger partial charge in [0.05, 0.1) is 6.61 Å². The fourth-order valence-electron chi connectivity index (χ4n) is 1.67. The van der Waals surface area contributed by atoms with Gasteiger partial charge in [-0.3, -0.25) is 14.1 Å². The molecular weight excluding hydrogens is 282 g/mol. The summed E-state index contributed by atoms with van der Waals surface area (Å²) >= 11 is 1.18. The average molecular weight is 297 g/mol. The Balaban J connectivity index is 2.31. The van der Waals surface area contributed by atoms with E-state index in [1.165, 1.54) is 23.6 Å². The Morgan fingerprint density at radius 2 is 2.28 bits per heavy atom. The summed E-state index contributed by atoms with van der Waals surface area (Å²) in [7, 11) is -4.46. The topological polar surface area (TPSA) is 101 Å². The van der Waals surface area contributed by atoms with Crippen molar-refractivity contribution in [2.75, 3.05) is 25.4 Å². The van der Waals surface area contributed by atoms with Crippen molar-refractivity contribution in [2.45, 2.75) is 13.3 Å². The molecule has 0 bridgehead atoms. The van der Waals surface area contributed by atoms with E-state index in [0.29, 0.717) is 18.7 Å². The largest absolute Gasteiger partial charge is 0.397 e. The van der Waals surface area contributed by atoms with Crippen molar-refractivity contribution in [3.8, 4) is 0 Å². The Morgan fingerprint density at radius 3 is 2.83 bits per heavy atom. The number of likely N-dealkylation sites (tertiary alicyclic amines) is 1. The first kappa shape index (κ1) is 15.4. The van der Waals surface area contributed by atoms with E-state index in [4.69, 9.17) is 4.55 Å². The highest BCUT2D eigenvalue weighted by molar-refractivity contribution is 8.13. The number of nitrogens with zero attached hydrogens (tertiary/aromatic N) is 1. The molecule has 1 rings (SSSR count). The first-order chi connectivity index (χ1) is 8.28. The summed E-state index contributed by atoms with van der Waals surface area (Å²) in [5, 5.41) is 0.00982. The minimum atomic E-state index is -4.46. The molecule has 104 valence electrons. The summed E-state index contributed by atoms with van der Waals surface area (Å²) in [5.74, 6) is 0.580. The van der Waals surface area contributed by atoms with Crippen LogP contribution < -0.4 is 0 Å². The summed E-state index contributed by atoms with van der Waals surface area (Å²) in [6.45, 7) is 1.80. The van der Waals surface area contributed by atoms with Gasteiger partial charge in [-0.05, 0) is 5.92 Å². The highest BCUT2D eigenvalue weighted by Gasteiger charge is 2.29. The van der Waals surface area contributed by atoms with Crippen molar-refractivity contribution in [2.24, 2.45) is 5.92 Å². The summed E-state index contributed by atoms with van der Waals surface area (Å²) < 4.78 is 33.1. The van der Waals surface area contributed by atoms with E-state index in [1.54, 1.807) is 0 Å². The fraction of sp³-hybridized carbons (Fsp3) is 0.778. The van der Waals surface area contributed by atoms with E-state index in [9.17, 15) is 18.0 Å². The van der Waals surface area contributed by atoms with Crippen molar-refractivity contribution in [3.63, 3.8) is 0 Å². The second-order valence-corrected chi connectivity index (χ2v) is 6.25. The molecule has 1 saturated heterocycles. The number of hydrogen-bond acceptors (Lipinski definition) is 6. The number of thioether (sulfide) groups is 1. The van der Waals surface area contributed by atoms with Crippen LogP contribution in [0.1, 0.15) is 13.3 Å². The summed E-state index contributed by atoms with van der Waals surface area (Å²) in [4.78, 5) is 23.8. The van der Waals surface area contributed by atoms with Gasteiger partial charge in [0.15, 0.2) is 5.12 Å². The molecule has 1 N–H and O–H groups in total. The molecule has 7 nitrogen and oxygen atoms in total. The van der Waals surface area contributed by atoms with Crippen LogP contribution in [0, 0.1) is 5.92 Å². The van der Waals surface area contributed by atoms with Gasteiger partial charge in [0.1, 0.15) is 0 Å². The smallest absolute Gasteiger partial charge is 0.340 e. The Kier molecular flexibility index (Phi) is 5.57. The third-order valence-corrected chi connectivity index (χ3v) is 3.92. The molecule has 1 heterocycles. The zero-order valence-electron chi connectivity index (χ0n) is 9.87. The maximum Gasteiger partial charge on any atom is 0.397 e. The van der Waals surface area contributed by atoms with Crippen molar-refractivity contribution >= 4 is 33.2 Å². The summed E-state index contributed by atoms with van der Waals surface area (Å²) in [6.07, 6.45) is 0.353. The first-order valence-corrected chi connectivity index (χ1v) is 7.66. The molecule has 9 heteroatoms. The van der Waals surface area contributed by atoms with Crippen molar-refractivity contribution in [1.82, 2.24) is 4.90 Å². The maximum atomic E-state index is 11.5. The molecule has 0 aromatic carbocycles. The predicted octanol–water partition coefficient (Wildman–Crippen LogP) is -0.0660. The van der Waals surface area contributed by atoms with Crippen LogP contribution >= 0.6 is 11.8 Å². The SMILES string of the molecule is CC(=O)SCC1CC(=O)N(CCOS(=O)(=O)O)C1. The molecule has 0 saturated carbocycles. The maximum absolute atomic E-state index is 11.5. The Bertz CT molecular complexity index is 421. The molecule has 0 radical (unpaired) electrons. The Hall–Kier alpha value is -0.640. The second kappa shape index (κ2) is 6.50. The molecule has 0 aromatic heterocycles. The van der Waals surface area contributed by atoms with Gasteiger partial charge in [-0.15, -0.1) is 0 Å². The molecule has 1 fully saturated rings. The van der Waals surface area contributed by atoms with Crippen molar-refractivity contribution < 1.29 is 26.7 Å². The third-order valence-electron chi connectivity index (χ3n) is 2.41. The molecule has 1 aliphatic rings. The zero-order valence-corrected chi connectivity index (χ0v) is 11.5. The van der Waals surface area contributed by atoms with Crippen LogP contribution in [-0.4, -0.2) is 54.3 Å². The van der Waals surface area contributed by atoms with Gasteiger partial charge in [-0.25, -0.2) is 4.18 Å². The predicted molar refractivity (Wildman–Crippen MR) is 65.3 cm³/mol. The number of hydrogen-bond donors (Lipinski definition) is 1. The molecule has 0 aliphatic carbocycles. The fourth-order valence-corrected chi connectivity index (χ4v) is 2.65. The van der Waals surface area contributed by atoms with Crippen molar-refractivity contribution in [3.05, 3.63) is 0 Å². The van der Waals surface area contributed by atoms with Crippen LogP contribution in [-0.2, 0) is 24.2 Å². The molecular formula is C9H15NO6S2. The van der Waals surface area contributed by atoms with Gasteiger partial charge in [-0.2, -0.15) is 8.42 Å². The molecule has 1 atom stereocenters. The lowest BCUT2D eigenvalue weighted by Crippen LogP contribution is -2.30. The van der Waals surface area contributed by atoms with E-state index >= 15 is 0 Å². The number of amides is 1. The second-order valence-electron chi connectivity index (χ2n) is 3.96. The lowest BCUT2D eigenvalue weighted by atomic mass is 10.1. The van der Waals surface area contributed by atoms with Gasteiger partial charge >= 0.3 is 10.4 Å². The summed E-state index contributed by atoms with van der Waals surface area (Å²) in [5.41, 5.74) is 0. The van der Waals surface area contributed by atoms with Gasteiger partial charge in [-0.1, -0.05) is 11.8 Å². The van der Waals surface area contributed by atoms with E-state index < -0.39 is 10.4 Å². The third kappa shape index (κ3) is 5.80. The van der Waals surface area contributed by atoms with E-state index in [2.05, 4.69) is 4.18 Å². The minimum absolute atomic E-state index is 0.00982. The molecule has 1 aliphatic heterocycles. The van der Waals surface area contributed by atoms with Gasteiger partial charge in [0.25, 0.3) is 0 Å². The standard InChI is InChI=1S/C9H15NO6S2/c1-7(11)17-6-8-4-9(12)10(5-8)2-3-16-18(13,14)15/h8H,2-6H2,1H3,(H,13,14,15). The van der Waals surface area contributed by atoms with Crippen LogP contribution in [0.25, 0.3) is 0 Å². The van der Waals surface area contributed by atoms with Gasteiger partial charge < -0.3 is 4.90 Å². The first-order valence-electron chi connectivity index (χ1n) is 5.31. The van der Waals surface area contributed by atoms with Crippen molar-refractivity contribution in [1.29, 1.82) is 0 Å². The molecule has 0 aromatic rings. The Labute approximate surface area is 110 Å². The summed E-state index contributed by atoms with van der Waals surface area (Å²) in [6, 6.07) is 0. The molecule has 1 unspecified atom stereocenters. The molecule has 1 amide bonds. The minimum Gasteiger partial charge on any atom is -0.340 e. The zero-order chi connectivity index (χ0) is 13.8. The Morgan fingerprint density at radius 1 is 1.61 bits per heavy atom. The number of rotatable bonds is 6. The van der Waals surface area contributed by atoms with Gasteiger partial charge in [0.2, 0.25) is 5.91 Å². The van der Waals surface area contributed by atoms with Gasteiger partial charge in [0, 0.05) is 32.2 Å². The van der Waals surface area contributed by atoms with Crippen LogP contribution in [0.5, 0.6) is 0 Å². The van der Waals surface area contributed by atoms with E-state index in [0.717, 1.165) is 0 Å². The molecule has 0 spiro atoms. The van der Waals surface area contributed by atoms with E-state index in [1.807, 2.05) is 0 Å². The normalized spacial score (nSPS) is 20.4. The monoisotopic (exact) mass is 297 g/mol. The van der Waals surface area contributed by atoms with Crippen LogP contribution in [0.4, 0.5) is 0 Å². The van der Waals surface area contributed by atoms with Crippen LogP contribution in [0.3, 0.4) is 0 Å². The molecule has 18 heavy (non-hydrogen) atoms. The van der Waals surface area contributed by atoms with Crippen LogP contribution in [0.15, 0.2) is 0 Å². The van der Waals surface area contributed by atoms with E-state index in [-0.39, 0.29) is 30.1 Å². The average Bonchev–Trinajstić information content (AvgIpc) is 2.55. The lowest BCUT2D eigenvalue weighted by Gasteiger charge is -2.15. The highest BCUT2D eigenvalue weighted by atomic mass is 32.3.